The summed E-state index contributed by atoms with van der Waals surface area (Å²) in [6.45, 7) is 8.77. The second kappa shape index (κ2) is 3.05. The van der Waals surface area contributed by atoms with E-state index in [0.29, 0.717) is 12.3 Å². The number of rotatable bonds is 1. The van der Waals surface area contributed by atoms with Crippen molar-refractivity contribution < 1.29 is 4.79 Å². The molecule has 0 aromatic heterocycles. The largest absolute Gasteiger partial charge is 0.291 e. The first kappa shape index (κ1) is 9.52. The average molecular weight is 170 g/mol. The van der Waals surface area contributed by atoms with Crippen molar-refractivity contribution in [2.24, 2.45) is 11.3 Å². The number of hydrogen-bond donors (Lipinski definition) is 2. The Morgan fingerprint density at radius 3 is 2.42 bits per heavy atom. The molecule has 0 bridgehead atoms. The third kappa shape index (κ3) is 1.97. The van der Waals surface area contributed by atoms with Gasteiger partial charge in [-0.3, -0.25) is 10.2 Å². The van der Waals surface area contributed by atoms with Crippen molar-refractivity contribution in [3.63, 3.8) is 0 Å². The van der Waals surface area contributed by atoms with Crippen LogP contribution in [0.4, 0.5) is 0 Å². The van der Waals surface area contributed by atoms with Crippen LogP contribution in [0.15, 0.2) is 0 Å². The summed E-state index contributed by atoms with van der Waals surface area (Å²) in [5, 5.41) is 0. The number of hydrogen-bond acceptors (Lipinski definition) is 2. The molecule has 0 aliphatic carbocycles. The zero-order valence-electron chi connectivity index (χ0n) is 8.27. The Morgan fingerprint density at radius 2 is 2.08 bits per heavy atom. The van der Waals surface area contributed by atoms with Gasteiger partial charge in [0.05, 0.1) is 0 Å². The van der Waals surface area contributed by atoms with E-state index in [4.69, 9.17) is 0 Å². The molecule has 0 aromatic carbocycles. The summed E-state index contributed by atoms with van der Waals surface area (Å²) < 4.78 is 0. The van der Waals surface area contributed by atoms with Gasteiger partial charge in [0, 0.05) is 12.5 Å². The van der Waals surface area contributed by atoms with Crippen molar-refractivity contribution in [1.29, 1.82) is 0 Å². The van der Waals surface area contributed by atoms with Crippen LogP contribution in [0.3, 0.4) is 0 Å². The monoisotopic (exact) mass is 170 g/mol. The molecule has 1 heterocycles. The second-order valence-electron chi connectivity index (χ2n) is 4.66. The van der Waals surface area contributed by atoms with Crippen LogP contribution in [0.25, 0.3) is 0 Å². The molecule has 70 valence electrons. The molecule has 1 saturated heterocycles. The highest BCUT2D eigenvalue weighted by molar-refractivity contribution is 5.78. The van der Waals surface area contributed by atoms with Crippen LogP contribution in [0, 0.1) is 11.3 Å². The summed E-state index contributed by atoms with van der Waals surface area (Å²) in [5.74, 6) is 0.604. The first-order valence-electron chi connectivity index (χ1n) is 4.45. The molecular formula is C9H18N2O. The van der Waals surface area contributed by atoms with Crippen molar-refractivity contribution in [2.45, 2.75) is 40.2 Å². The molecule has 0 radical (unpaired) electrons. The van der Waals surface area contributed by atoms with Gasteiger partial charge in [0.25, 0.3) is 0 Å². The van der Waals surface area contributed by atoms with Crippen LogP contribution >= 0.6 is 0 Å². The summed E-state index contributed by atoms with van der Waals surface area (Å²) in [6.07, 6.45) is 0.610. The van der Waals surface area contributed by atoms with E-state index >= 15 is 0 Å². The number of amides is 1. The number of nitrogens with one attached hydrogen (secondary N) is 2. The summed E-state index contributed by atoms with van der Waals surface area (Å²) >= 11 is 0. The van der Waals surface area contributed by atoms with E-state index in [9.17, 15) is 4.79 Å². The zero-order valence-corrected chi connectivity index (χ0v) is 8.27. The predicted octanol–water partition coefficient (Wildman–Crippen LogP) is 1.06. The Balaban J connectivity index is 2.54. The van der Waals surface area contributed by atoms with Crippen molar-refractivity contribution in [1.82, 2.24) is 10.9 Å². The van der Waals surface area contributed by atoms with Gasteiger partial charge in [0.1, 0.15) is 0 Å². The Bertz CT molecular complexity index is 183. The normalized spacial score (nSPS) is 27.0. The molecule has 1 rings (SSSR count). The van der Waals surface area contributed by atoms with Gasteiger partial charge in [-0.2, -0.15) is 0 Å². The van der Waals surface area contributed by atoms with E-state index in [0.717, 1.165) is 0 Å². The van der Waals surface area contributed by atoms with Crippen LogP contribution in [0.1, 0.15) is 34.1 Å². The van der Waals surface area contributed by atoms with Gasteiger partial charge >= 0.3 is 0 Å². The quantitative estimate of drug-likeness (QED) is 0.618. The van der Waals surface area contributed by atoms with Gasteiger partial charge in [-0.05, 0) is 11.3 Å². The molecule has 12 heavy (non-hydrogen) atoms. The minimum absolute atomic E-state index is 0.108. The summed E-state index contributed by atoms with van der Waals surface area (Å²) in [6, 6.07) is 0.289. The number of hydrazine groups is 1. The molecule has 1 aliphatic rings. The van der Waals surface area contributed by atoms with Gasteiger partial charge in [-0.25, -0.2) is 5.43 Å². The average Bonchev–Trinajstić information content (AvgIpc) is 2.32. The number of carbonyl (C=O) groups excluding carboxylic acids is 1. The molecule has 1 fully saturated rings. The lowest BCUT2D eigenvalue weighted by Gasteiger charge is -2.31. The lowest BCUT2D eigenvalue weighted by molar-refractivity contribution is -0.119. The smallest absolute Gasteiger partial charge is 0.235 e. The molecule has 2 atom stereocenters. The van der Waals surface area contributed by atoms with Gasteiger partial charge in [0.2, 0.25) is 5.91 Å². The lowest BCUT2D eigenvalue weighted by Crippen LogP contribution is -2.40. The third-order valence-electron chi connectivity index (χ3n) is 2.77. The third-order valence-corrected chi connectivity index (χ3v) is 2.77. The molecule has 2 unspecified atom stereocenters. The molecule has 1 aliphatic heterocycles. The zero-order chi connectivity index (χ0) is 9.35. The van der Waals surface area contributed by atoms with Gasteiger partial charge in [-0.1, -0.05) is 27.7 Å². The second-order valence-corrected chi connectivity index (χ2v) is 4.66. The van der Waals surface area contributed by atoms with Crippen LogP contribution in [-0.4, -0.2) is 11.9 Å². The summed E-state index contributed by atoms with van der Waals surface area (Å²) in [4.78, 5) is 10.9. The van der Waals surface area contributed by atoms with Gasteiger partial charge < -0.3 is 0 Å². The van der Waals surface area contributed by atoms with Crippen LogP contribution in [0.5, 0.6) is 0 Å². The standard InChI is InChI=1S/C9H18N2O/c1-6(9(2,3)4)7-5-8(12)11-10-7/h6-7,10H,5H2,1-4H3,(H,11,12). The van der Waals surface area contributed by atoms with Crippen molar-refractivity contribution >= 4 is 5.91 Å². The molecule has 1 amide bonds. The minimum atomic E-state index is 0.108. The maximum atomic E-state index is 10.9. The van der Waals surface area contributed by atoms with Gasteiger partial charge in [0.15, 0.2) is 0 Å². The first-order valence-corrected chi connectivity index (χ1v) is 4.45. The topological polar surface area (TPSA) is 41.1 Å². The highest BCUT2D eigenvalue weighted by atomic mass is 16.2. The Hall–Kier alpha value is -0.570. The van der Waals surface area contributed by atoms with E-state index in [2.05, 4.69) is 38.5 Å². The number of carbonyl (C=O) groups is 1. The minimum Gasteiger partial charge on any atom is -0.291 e. The van der Waals surface area contributed by atoms with E-state index in [-0.39, 0.29) is 17.4 Å². The summed E-state index contributed by atoms with van der Waals surface area (Å²) in [7, 11) is 0. The van der Waals surface area contributed by atoms with E-state index in [1.165, 1.54) is 0 Å². The Labute approximate surface area is 73.9 Å². The maximum Gasteiger partial charge on any atom is 0.235 e. The van der Waals surface area contributed by atoms with Crippen LogP contribution in [0.2, 0.25) is 0 Å². The fourth-order valence-corrected chi connectivity index (χ4v) is 1.38. The van der Waals surface area contributed by atoms with Crippen LogP contribution in [-0.2, 0) is 4.79 Å². The van der Waals surface area contributed by atoms with Crippen molar-refractivity contribution in [2.75, 3.05) is 0 Å². The fourth-order valence-electron chi connectivity index (χ4n) is 1.38. The predicted molar refractivity (Wildman–Crippen MR) is 48.3 cm³/mol. The lowest BCUT2D eigenvalue weighted by atomic mass is 9.77. The van der Waals surface area contributed by atoms with Gasteiger partial charge in [-0.15, -0.1) is 0 Å². The molecule has 0 aromatic rings. The Kier molecular flexibility index (Phi) is 2.42. The van der Waals surface area contributed by atoms with E-state index in [1.807, 2.05) is 0 Å². The highest BCUT2D eigenvalue weighted by Crippen LogP contribution is 2.30. The molecule has 3 nitrogen and oxygen atoms in total. The van der Waals surface area contributed by atoms with E-state index in [1.54, 1.807) is 0 Å². The SMILES string of the molecule is CC(C1CC(=O)NN1)C(C)(C)C. The molecule has 0 saturated carbocycles. The first-order chi connectivity index (χ1) is 5.41. The molecule has 0 spiro atoms. The van der Waals surface area contributed by atoms with E-state index < -0.39 is 0 Å². The molecule has 2 N–H and O–H groups in total. The summed E-state index contributed by atoms with van der Waals surface area (Å²) in [5.41, 5.74) is 5.90. The molecular weight excluding hydrogens is 152 g/mol. The fraction of sp³-hybridized carbons (Fsp3) is 0.889. The highest BCUT2D eigenvalue weighted by Gasteiger charge is 2.32. The van der Waals surface area contributed by atoms with Crippen molar-refractivity contribution in [3.05, 3.63) is 0 Å². The maximum absolute atomic E-state index is 10.9. The Morgan fingerprint density at radius 1 is 1.50 bits per heavy atom. The van der Waals surface area contributed by atoms with Crippen molar-refractivity contribution in [3.8, 4) is 0 Å². The molecule has 3 heteroatoms. The van der Waals surface area contributed by atoms with Crippen LogP contribution < -0.4 is 10.9 Å².